The summed E-state index contributed by atoms with van der Waals surface area (Å²) in [5.41, 5.74) is 6.18. The van der Waals surface area contributed by atoms with Crippen molar-refractivity contribution in [2.75, 3.05) is 5.88 Å². The fraction of sp³-hybridized carbons (Fsp3) is 0.312. The number of hydrogen-bond donors (Lipinski definition) is 0. The van der Waals surface area contributed by atoms with Crippen LogP contribution in [0.4, 0.5) is 0 Å². The molecule has 2 nitrogen and oxygen atoms in total. The number of halogens is 2. The van der Waals surface area contributed by atoms with Gasteiger partial charge in [0.1, 0.15) is 0 Å². The van der Waals surface area contributed by atoms with Crippen molar-refractivity contribution in [3.63, 3.8) is 0 Å². The molecule has 0 amide bonds. The Morgan fingerprint density at radius 2 is 1.70 bits per heavy atom. The second kappa shape index (κ2) is 5.74. The summed E-state index contributed by atoms with van der Waals surface area (Å²) in [5, 5.41) is 0. The summed E-state index contributed by atoms with van der Waals surface area (Å²) in [6.07, 6.45) is 0. The molecule has 0 unspecified atom stereocenters. The molecule has 1 aromatic carbocycles. The molecule has 106 valence electrons. The van der Waals surface area contributed by atoms with Crippen LogP contribution in [0.5, 0.6) is 0 Å². The van der Waals surface area contributed by atoms with Gasteiger partial charge in [-0.1, -0.05) is 15.9 Å². The van der Waals surface area contributed by atoms with Gasteiger partial charge in [-0.3, -0.25) is 4.79 Å². The molecule has 0 atom stereocenters. The average Bonchev–Trinajstić information content (AvgIpc) is 2.65. The number of Topliss-reactive ketones (excluding diaryl/α,β-unsaturated/α-hetero) is 1. The van der Waals surface area contributed by atoms with E-state index in [1.165, 1.54) is 11.1 Å². The van der Waals surface area contributed by atoms with E-state index in [9.17, 15) is 4.79 Å². The number of carbonyl (C=O) groups excluding carboxylic acids is 1. The molecule has 1 heterocycles. The fourth-order valence-corrected chi connectivity index (χ4v) is 3.55. The Bertz CT molecular complexity index is 665. The number of rotatable bonds is 3. The van der Waals surface area contributed by atoms with E-state index in [1.54, 1.807) is 0 Å². The third kappa shape index (κ3) is 2.57. The minimum Gasteiger partial charge on any atom is -0.317 e. The molecule has 2 rings (SSSR count). The molecular formula is C16H17BrClNO. The molecule has 0 radical (unpaired) electrons. The van der Waals surface area contributed by atoms with Crippen molar-refractivity contribution in [1.29, 1.82) is 0 Å². The lowest BCUT2D eigenvalue weighted by atomic mass is 10.1. The van der Waals surface area contributed by atoms with Crippen LogP contribution < -0.4 is 0 Å². The van der Waals surface area contributed by atoms with Crippen molar-refractivity contribution in [1.82, 2.24) is 4.57 Å². The molecule has 0 aliphatic heterocycles. The molecule has 0 N–H and O–H groups in total. The second-order valence-electron chi connectivity index (χ2n) is 5.07. The molecular weight excluding hydrogens is 338 g/mol. The highest BCUT2D eigenvalue weighted by Gasteiger charge is 2.18. The van der Waals surface area contributed by atoms with Crippen LogP contribution >= 0.6 is 27.5 Å². The zero-order valence-corrected chi connectivity index (χ0v) is 14.4. The van der Waals surface area contributed by atoms with Gasteiger partial charge in [0.2, 0.25) is 0 Å². The highest BCUT2D eigenvalue weighted by Crippen LogP contribution is 2.29. The summed E-state index contributed by atoms with van der Waals surface area (Å²) in [6, 6.07) is 6.09. The molecule has 0 aliphatic carbocycles. The van der Waals surface area contributed by atoms with E-state index in [-0.39, 0.29) is 11.7 Å². The third-order valence-corrected chi connectivity index (χ3v) is 4.23. The van der Waals surface area contributed by atoms with Gasteiger partial charge in [-0.05, 0) is 57.0 Å². The molecule has 0 fully saturated rings. The van der Waals surface area contributed by atoms with E-state index >= 15 is 0 Å². The smallest absolute Gasteiger partial charge is 0.179 e. The number of benzene rings is 1. The summed E-state index contributed by atoms with van der Waals surface area (Å²) < 4.78 is 3.20. The molecule has 0 saturated carbocycles. The van der Waals surface area contributed by atoms with Crippen molar-refractivity contribution < 1.29 is 4.79 Å². The first-order valence-corrected chi connectivity index (χ1v) is 7.74. The standard InChI is InChI=1S/C16H17BrClNO/c1-9-5-13(17)6-10(2)16(9)19-11(3)7-14(12(19)4)15(20)8-18/h5-7H,8H2,1-4H3. The maximum atomic E-state index is 11.9. The van der Waals surface area contributed by atoms with Gasteiger partial charge in [-0.15, -0.1) is 11.6 Å². The number of hydrogen-bond acceptors (Lipinski definition) is 1. The summed E-state index contributed by atoms with van der Waals surface area (Å²) in [5.74, 6) is -0.0128. The SMILES string of the molecule is Cc1cc(Br)cc(C)c1-n1c(C)cc(C(=O)CCl)c1C. The van der Waals surface area contributed by atoms with Crippen LogP contribution in [0, 0.1) is 27.7 Å². The van der Waals surface area contributed by atoms with Crippen molar-refractivity contribution in [2.24, 2.45) is 0 Å². The van der Waals surface area contributed by atoms with Gasteiger partial charge >= 0.3 is 0 Å². The summed E-state index contributed by atoms with van der Waals surface area (Å²) in [7, 11) is 0. The van der Waals surface area contributed by atoms with Gasteiger partial charge < -0.3 is 4.57 Å². The quantitative estimate of drug-likeness (QED) is 0.568. The monoisotopic (exact) mass is 353 g/mol. The molecule has 4 heteroatoms. The summed E-state index contributed by atoms with van der Waals surface area (Å²) in [4.78, 5) is 11.9. The lowest BCUT2D eigenvalue weighted by Crippen LogP contribution is -2.07. The number of ketones is 1. The van der Waals surface area contributed by atoms with E-state index in [0.717, 1.165) is 21.5 Å². The first-order chi connectivity index (χ1) is 9.36. The van der Waals surface area contributed by atoms with Crippen molar-refractivity contribution >= 4 is 33.3 Å². The lowest BCUT2D eigenvalue weighted by Gasteiger charge is -2.16. The van der Waals surface area contributed by atoms with E-state index < -0.39 is 0 Å². The predicted octanol–water partition coefficient (Wildman–Crippen LogP) is 4.89. The van der Waals surface area contributed by atoms with Gasteiger partial charge in [-0.25, -0.2) is 0 Å². The van der Waals surface area contributed by atoms with Crippen LogP contribution in [0.1, 0.15) is 32.9 Å². The molecule has 0 spiro atoms. The van der Waals surface area contributed by atoms with Crippen molar-refractivity contribution in [3.8, 4) is 5.69 Å². The molecule has 20 heavy (non-hydrogen) atoms. The van der Waals surface area contributed by atoms with Crippen molar-refractivity contribution in [2.45, 2.75) is 27.7 Å². The molecule has 0 saturated heterocycles. The minimum atomic E-state index is -0.0292. The topological polar surface area (TPSA) is 22.0 Å². The Morgan fingerprint density at radius 3 is 2.20 bits per heavy atom. The Hall–Kier alpha value is -1.06. The molecule has 2 aromatic rings. The van der Waals surface area contributed by atoms with Crippen LogP contribution in [0.25, 0.3) is 5.69 Å². The van der Waals surface area contributed by atoms with E-state index in [2.05, 4.69) is 46.5 Å². The Labute approximate surface area is 132 Å². The Balaban J connectivity index is 2.71. The minimum absolute atomic E-state index is 0.0165. The van der Waals surface area contributed by atoms with Gasteiger partial charge in [0.25, 0.3) is 0 Å². The first kappa shape index (κ1) is 15.3. The van der Waals surface area contributed by atoms with E-state index in [0.29, 0.717) is 5.56 Å². The number of alkyl halides is 1. The van der Waals surface area contributed by atoms with Crippen LogP contribution in [0.3, 0.4) is 0 Å². The van der Waals surface area contributed by atoms with Gasteiger partial charge in [-0.2, -0.15) is 0 Å². The number of aromatic nitrogens is 1. The largest absolute Gasteiger partial charge is 0.317 e. The van der Waals surface area contributed by atoms with Crippen LogP contribution in [-0.2, 0) is 0 Å². The van der Waals surface area contributed by atoms with Crippen LogP contribution in [-0.4, -0.2) is 16.2 Å². The van der Waals surface area contributed by atoms with Crippen LogP contribution in [0.2, 0.25) is 0 Å². The maximum absolute atomic E-state index is 11.9. The zero-order chi connectivity index (χ0) is 15.0. The predicted molar refractivity (Wildman–Crippen MR) is 87.5 cm³/mol. The summed E-state index contributed by atoms with van der Waals surface area (Å²) in [6.45, 7) is 8.14. The van der Waals surface area contributed by atoms with Gasteiger partial charge in [0.15, 0.2) is 5.78 Å². The fourth-order valence-electron chi connectivity index (χ4n) is 2.72. The second-order valence-corrected chi connectivity index (χ2v) is 6.25. The van der Waals surface area contributed by atoms with Crippen LogP contribution in [0.15, 0.2) is 22.7 Å². The van der Waals surface area contributed by atoms with Gasteiger partial charge in [0.05, 0.1) is 11.6 Å². The zero-order valence-electron chi connectivity index (χ0n) is 12.1. The lowest BCUT2D eigenvalue weighted by molar-refractivity contribution is 0.102. The van der Waals surface area contributed by atoms with E-state index in [1.807, 2.05) is 19.9 Å². The first-order valence-electron chi connectivity index (χ1n) is 6.42. The highest BCUT2D eigenvalue weighted by molar-refractivity contribution is 9.10. The average molecular weight is 355 g/mol. The Morgan fingerprint density at radius 1 is 1.15 bits per heavy atom. The molecule has 1 aromatic heterocycles. The van der Waals surface area contributed by atoms with E-state index in [4.69, 9.17) is 11.6 Å². The normalized spacial score (nSPS) is 10.9. The summed E-state index contributed by atoms with van der Waals surface area (Å²) >= 11 is 9.20. The van der Waals surface area contributed by atoms with Crippen molar-refractivity contribution in [3.05, 3.63) is 50.8 Å². The third-order valence-electron chi connectivity index (χ3n) is 3.53. The molecule has 0 bridgehead atoms. The molecule has 0 aliphatic rings. The number of carbonyl (C=O) groups is 1. The highest BCUT2D eigenvalue weighted by atomic mass is 79.9. The maximum Gasteiger partial charge on any atom is 0.179 e. The number of aryl methyl sites for hydroxylation is 3. The van der Waals surface area contributed by atoms with Gasteiger partial charge in [0, 0.05) is 21.4 Å². The Kier molecular flexibility index (Phi) is 4.40. The number of nitrogens with zero attached hydrogens (tertiary/aromatic N) is 1.